The Balaban J connectivity index is 1.89. The molecule has 0 aromatic carbocycles. The molecule has 0 radical (unpaired) electrons. The van der Waals surface area contributed by atoms with Crippen molar-refractivity contribution in [1.29, 1.82) is 0 Å². The maximum Gasteiger partial charge on any atom is 0.139 e. The fourth-order valence-corrected chi connectivity index (χ4v) is 2.05. The van der Waals surface area contributed by atoms with Crippen molar-refractivity contribution in [3.8, 4) is 0 Å². The Morgan fingerprint density at radius 3 is 2.71 bits per heavy atom. The smallest absolute Gasteiger partial charge is 0.139 e. The molecule has 94 valence electrons. The number of hydrogen-bond donors (Lipinski definition) is 3. The lowest BCUT2D eigenvalue weighted by Gasteiger charge is -2.35. The van der Waals surface area contributed by atoms with E-state index in [9.17, 15) is 5.11 Å². The zero-order valence-corrected chi connectivity index (χ0v) is 10.2. The number of nitrogens with zero attached hydrogens (tertiary/aromatic N) is 2. The largest absolute Gasteiger partial charge is 0.390 e. The van der Waals surface area contributed by atoms with Crippen LogP contribution in [0.1, 0.15) is 25.3 Å². The minimum Gasteiger partial charge on any atom is -0.390 e. The molecule has 1 aliphatic heterocycles. The average molecular weight is 236 g/mol. The average Bonchev–Trinajstić information content (AvgIpc) is 2.33. The van der Waals surface area contributed by atoms with Crippen molar-refractivity contribution < 1.29 is 5.11 Å². The second-order valence-corrected chi connectivity index (χ2v) is 4.97. The first-order valence-corrected chi connectivity index (χ1v) is 5.95. The van der Waals surface area contributed by atoms with Crippen LogP contribution >= 0.6 is 0 Å². The van der Waals surface area contributed by atoms with Gasteiger partial charge in [0.05, 0.1) is 5.60 Å². The van der Waals surface area contributed by atoms with Crippen LogP contribution in [-0.4, -0.2) is 33.7 Å². The number of pyridine rings is 1. The van der Waals surface area contributed by atoms with E-state index in [4.69, 9.17) is 5.84 Å². The van der Waals surface area contributed by atoms with Gasteiger partial charge in [-0.1, -0.05) is 6.07 Å². The third-order valence-electron chi connectivity index (χ3n) is 3.31. The van der Waals surface area contributed by atoms with Crippen molar-refractivity contribution in [2.45, 2.75) is 31.9 Å². The van der Waals surface area contributed by atoms with Crippen LogP contribution in [0, 0.1) is 0 Å². The minimum atomic E-state index is -0.484. The number of aromatic nitrogens is 1. The van der Waals surface area contributed by atoms with Crippen LogP contribution in [-0.2, 0) is 6.54 Å². The Hall–Kier alpha value is -1.17. The van der Waals surface area contributed by atoms with Crippen LogP contribution in [0.25, 0.3) is 0 Å². The van der Waals surface area contributed by atoms with Gasteiger partial charge in [-0.05, 0) is 31.4 Å². The molecular formula is C12H20N4O. The van der Waals surface area contributed by atoms with Crippen molar-refractivity contribution in [3.63, 3.8) is 0 Å². The van der Waals surface area contributed by atoms with E-state index >= 15 is 0 Å². The van der Waals surface area contributed by atoms with E-state index in [-0.39, 0.29) is 0 Å². The van der Waals surface area contributed by atoms with Gasteiger partial charge in [-0.25, -0.2) is 10.8 Å². The van der Waals surface area contributed by atoms with E-state index in [1.807, 2.05) is 25.3 Å². The van der Waals surface area contributed by atoms with Crippen LogP contribution in [0.2, 0.25) is 0 Å². The Bertz CT molecular complexity index is 353. The van der Waals surface area contributed by atoms with E-state index < -0.39 is 5.60 Å². The van der Waals surface area contributed by atoms with Gasteiger partial charge in [-0.2, -0.15) is 0 Å². The summed E-state index contributed by atoms with van der Waals surface area (Å²) < 4.78 is 0. The summed E-state index contributed by atoms with van der Waals surface area (Å²) in [5.74, 6) is 5.94. The summed E-state index contributed by atoms with van der Waals surface area (Å²) in [7, 11) is 0. The van der Waals surface area contributed by atoms with Gasteiger partial charge in [0.1, 0.15) is 5.82 Å². The summed E-state index contributed by atoms with van der Waals surface area (Å²) in [6.07, 6.45) is 3.51. The lowest BCUT2D eigenvalue weighted by atomic mass is 9.94. The number of hydrazine groups is 1. The highest BCUT2D eigenvalue weighted by atomic mass is 16.3. The molecule has 0 saturated carbocycles. The summed E-state index contributed by atoms with van der Waals surface area (Å²) in [5.41, 5.74) is 3.20. The number of nitrogen functional groups attached to an aromatic ring is 1. The molecule has 1 aromatic heterocycles. The molecule has 2 rings (SSSR count). The van der Waals surface area contributed by atoms with Gasteiger partial charge in [0.15, 0.2) is 0 Å². The summed E-state index contributed by atoms with van der Waals surface area (Å²) >= 11 is 0. The molecule has 5 nitrogen and oxygen atoms in total. The second-order valence-electron chi connectivity index (χ2n) is 4.97. The summed E-state index contributed by atoms with van der Waals surface area (Å²) in [5, 5.41) is 9.87. The first-order valence-electron chi connectivity index (χ1n) is 5.95. The quantitative estimate of drug-likeness (QED) is 0.532. The summed E-state index contributed by atoms with van der Waals surface area (Å²) in [6, 6.07) is 3.89. The molecule has 4 N–H and O–H groups in total. The van der Waals surface area contributed by atoms with Crippen molar-refractivity contribution in [2.24, 2.45) is 5.84 Å². The molecular weight excluding hydrogens is 216 g/mol. The van der Waals surface area contributed by atoms with Gasteiger partial charge in [0, 0.05) is 25.8 Å². The highest BCUT2D eigenvalue weighted by molar-refractivity contribution is 5.33. The molecule has 0 unspecified atom stereocenters. The number of rotatable bonds is 3. The van der Waals surface area contributed by atoms with Gasteiger partial charge in [0.25, 0.3) is 0 Å². The molecule has 17 heavy (non-hydrogen) atoms. The predicted molar refractivity (Wildman–Crippen MR) is 67.2 cm³/mol. The van der Waals surface area contributed by atoms with Gasteiger partial charge in [0.2, 0.25) is 0 Å². The van der Waals surface area contributed by atoms with E-state index in [0.29, 0.717) is 5.82 Å². The molecule has 0 bridgehead atoms. The normalized spacial score (nSPS) is 20.2. The number of nitrogens with two attached hydrogens (primary N) is 1. The standard InChI is InChI=1S/C12H20N4O/c1-12(17)4-6-16(7-5-12)9-10-2-3-11(15-13)14-8-10/h2-3,8,17H,4-7,9,13H2,1H3,(H,14,15). The number of piperidine rings is 1. The number of hydrogen-bond acceptors (Lipinski definition) is 5. The highest BCUT2D eigenvalue weighted by Gasteiger charge is 2.26. The fourth-order valence-electron chi connectivity index (χ4n) is 2.05. The maximum absolute atomic E-state index is 9.87. The lowest BCUT2D eigenvalue weighted by molar-refractivity contribution is -0.00731. The molecule has 5 heteroatoms. The highest BCUT2D eigenvalue weighted by Crippen LogP contribution is 2.22. The van der Waals surface area contributed by atoms with Crippen molar-refractivity contribution in [1.82, 2.24) is 9.88 Å². The molecule has 0 atom stereocenters. The second kappa shape index (κ2) is 5.00. The van der Waals surface area contributed by atoms with Gasteiger partial charge >= 0.3 is 0 Å². The van der Waals surface area contributed by atoms with Crippen LogP contribution in [0.3, 0.4) is 0 Å². The molecule has 1 aromatic rings. The Kier molecular flexibility index (Phi) is 3.61. The molecule has 0 aliphatic carbocycles. The van der Waals surface area contributed by atoms with Crippen LogP contribution in [0.15, 0.2) is 18.3 Å². The Labute approximate surface area is 102 Å². The molecule has 0 spiro atoms. The third-order valence-corrected chi connectivity index (χ3v) is 3.31. The fraction of sp³-hybridized carbons (Fsp3) is 0.583. The number of anilines is 1. The van der Waals surface area contributed by atoms with Gasteiger partial charge in [-0.15, -0.1) is 0 Å². The third kappa shape index (κ3) is 3.39. The van der Waals surface area contributed by atoms with Crippen molar-refractivity contribution in [3.05, 3.63) is 23.9 Å². The van der Waals surface area contributed by atoms with E-state index in [0.717, 1.165) is 32.5 Å². The van der Waals surface area contributed by atoms with Crippen LogP contribution in [0.4, 0.5) is 5.82 Å². The topological polar surface area (TPSA) is 74.4 Å². The molecule has 1 aliphatic rings. The Morgan fingerprint density at radius 1 is 1.47 bits per heavy atom. The van der Waals surface area contributed by atoms with Crippen molar-refractivity contribution >= 4 is 5.82 Å². The maximum atomic E-state index is 9.87. The number of likely N-dealkylation sites (tertiary alicyclic amines) is 1. The Morgan fingerprint density at radius 2 is 2.18 bits per heavy atom. The SMILES string of the molecule is CC1(O)CCN(Cc2ccc(NN)nc2)CC1. The minimum absolute atomic E-state index is 0.484. The molecule has 2 heterocycles. The molecule has 0 amide bonds. The first kappa shape index (κ1) is 12.3. The zero-order valence-electron chi connectivity index (χ0n) is 10.2. The van der Waals surface area contributed by atoms with E-state index in [1.165, 1.54) is 5.56 Å². The number of nitrogens with one attached hydrogen (secondary N) is 1. The molecule has 1 fully saturated rings. The van der Waals surface area contributed by atoms with Gasteiger partial charge in [-0.3, -0.25) is 4.90 Å². The van der Waals surface area contributed by atoms with Crippen LogP contribution < -0.4 is 11.3 Å². The lowest BCUT2D eigenvalue weighted by Crippen LogP contribution is -2.41. The van der Waals surface area contributed by atoms with E-state index in [1.54, 1.807) is 0 Å². The summed E-state index contributed by atoms with van der Waals surface area (Å²) in [6.45, 7) is 4.66. The molecule has 1 saturated heterocycles. The summed E-state index contributed by atoms with van der Waals surface area (Å²) in [4.78, 5) is 6.52. The first-order chi connectivity index (χ1) is 8.09. The predicted octanol–water partition coefficient (Wildman–Crippen LogP) is 0.714. The van der Waals surface area contributed by atoms with Gasteiger partial charge < -0.3 is 10.5 Å². The van der Waals surface area contributed by atoms with E-state index in [2.05, 4.69) is 15.3 Å². The van der Waals surface area contributed by atoms with Crippen LogP contribution in [0.5, 0.6) is 0 Å². The monoisotopic (exact) mass is 236 g/mol. The number of aliphatic hydroxyl groups is 1. The zero-order chi connectivity index (χ0) is 12.3. The van der Waals surface area contributed by atoms with Crippen molar-refractivity contribution in [2.75, 3.05) is 18.5 Å².